The van der Waals surface area contributed by atoms with Crippen molar-refractivity contribution >= 4 is 34.8 Å². The third-order valence-corrected chi connectivity index (χ3v) is 3.19. The molecule has 106 valence electrons. The third kappa shape index (κ3) is 5.11. The minimum atomic E-state index is 0.0427. The van der Waals surface area contributed by atoms with E-state index in [1.807, 2.05) is 13.0 Å². The van der Waals surface area contributed by atoms with Gasteiger partial charge in [0.15, 0.2) is 11.5 Å². The first kappa shape index (κ1) is 16.4. The van der Waals surface area contributed by atoms with Gasteiger partial charge in [-0.05, 0) is 31.0 Å². The molecule has 0 radical (unpaired) electrons. The fourth-order valence-electron chi connectivity index (χ4n) is 1.58. The van der Waals surface area contributed by atoms with E-state index in [9.17, 15) is 0 Å². The Morgan fingerprint density at radius 2 is 2.16 bits per heavy atom. The highest BCUT2D eigenvalue weighted by molar-refractivity contribution is 6.36. The Morgan fingerprint density at radius 3 is 2.68 bits per heavy atom. The summed E-state index contributed by atoms with van der Waals surface area (Å²) in [6.07, 6.45) is 0.707. The number of hydrogen-bond acceptors (Lipinski definition) is 3. The molecule has 2 N–H and O–H groups in total. The van der Waals surface area contributed by atoms with E-state index < -0.39 is 0 Å². The fraction of sp³-hybridized carbons (Fsp3) is 0.385. The Hall–Kier alpha value is -0.610. The smallest absolute Gasteiger partial charge is 0.180 e. The number of benzene rings is 1. The Bertz CT molecular complexity index is 461. The van der Waals surface area contributed by atoms with Gasteiger partial charge >= 0.3 is 0 Å². The lowest BCUT2D eigenvalue weighted by atomic mass is 10.1. The first-order chi connectivity index (χ1) is 8.97. The zero-order valence-corrected chi connectivity index (χ0v) is 13.0. The summed E-state index contributed by atoms with van der Waals surface area (Å²) in [5.74, 6) is 0.983. The molecule has 0 saturated carbocycles. The van der Waals surface area contributed by atoms with Gasteiger partial charge in [-0.25, -0.2) is 0 Å². The molecule has 1 rings (SSSR count). The highest BCUT2D eigenvalue weighted by atomic mass is 35.5. The molecule has 0 fully saturated rings. The highest BCUT2D eigenvalue weighted by Crippen LogP contribution is 2.37. The van der Waals surface area contributed by atoms with Gasteiger partial charge in [-0.15, -0.1) is 0 Å². The molecule has 6 heteroatoms. The largest absolute Gasteiger partial charge is 0.493 e. The molecule has 1 atom stereocenters. The molecule has 0 heterocycles. The second-order valence-electron chi connectivity index (χ2n) is 4.14. The van der Waals surface area contributed by atoms with Gasteiger partial charge in [0, 0.05) is 11.6 Å². The van der Waals surface area contributed by atoms with Crippen LogP contribution in [0.2, 0.25) is 5.02 Å². The van der Waals surface area contributed by atoms with Crippen LogP contribution in [0.3, 0.4) is 0 Å². The van der Waals surface area contributed by atoms with E-state index in [0.29, 0.717) is 28.0 Å². The van der Waals surface area contributed by atoms with Crippen LogP contribution in [0.25, 0.3) is 0 Å². The summed E-state index contributed by atoms with van der Waals surface area (Å²) in [5.41, 5.74) is 8.00. The van der Waals surface area contributed by atoms with Crippen LogP contribution in [0.4, 0.5) is 0 Å². The number of hydrogen-bond donors (Lipinski definition) is 1. The summed E-state index contributed by atoms with van der Waals surface area (Å²) in [7, 11) is 1.55. The zero-order chi connectivity index (χ0) is 14.4. The van der Waals surface area contributed by atoms with Crippen molar-refractivity contribution in [3.8, 4) is 11.5 Å². The summed E-state index contributed by atoms with van der Waals surface area (Å²) in [6, 6.07) is 3.70. The molecule has 0 spiro atoms. The van der Waals surface area contributed by atoms with Crippen LogP contribution in [-0.4, -0.2) is 19.8 Å². The van der Waals surface area contributed by atoms with Gasteiger partial charge in [-0.2, -0.15) is 0 Å². The van der Waals surface area contributed by atoms with E-state index in [-0.39, 0.29) is 12.6 Å². The summed E-state index contributed by atoms with van der Waals surface area (Å²) >= 11 is 17.4. The van der Waals surface area contributed by atoms with E-state index >= 15 is 0 Å². The molecule has 0 amide bonds. The molecule has 0 bridgehead atoms. The van der Waals surface area contributed by atoms with E-state index in [4.69, 9.17) is 50.0 Å². The standard InChI is InChI=1S/C13H16Cl3NO2/c1-8(17)3-9-4-11(16)13(12(5-9)18-2)19-7-10(15)6-14/h4-6,8H,3,7,17H2,1-2H3. The maximum absolute atomic E-state index is 6.18. The van der Waals surface area contributed by atoms with Gasteiger partial charge in [0.25, 0.3) is 0 Å². The van der Waals surface area contributed by atoms with Crippen molar-refractivity contribution in [1.29, 1.82) is 0 Å². The van der Waals surface area contributed by atoms with Crippen LogP contribution < -0.4 is 15.2 Å². The minimum absolute atomic E-state index is 0.0427. The lowest BCUT2D eigenvalue weighted by molar-refractivity contribution is 0.324. The average Bonchev–Trinajstić information content (AvgIpc) is 2.35. The van der Waals surface area contributed by atoms with Gasteiger partial charge in [-0.1, -0.05) is 34.8 Å². The van der Waals surface area contributed by atoms with E-state index in [1.54, 1.807) is 13.2 Å². The van der Waals surface area contributed by atoms with Crippen molar-refractivity contribution in [3.63, 3.8) is 0 Å². The molecule has 1 unspecified atom stereocenters. The van der Waals surface area contributed by atoms with Crippen LogP contribution >= 0.6 is 34.8 Å². The molecule has 0 aromatic heterocycles. The second-order valence-corrected chi connectivity index (χ2v) is 5.25. The Labute approximate surface area is 128 Å². The predicted molar refractivity (Wildman–Crippen MR) is 80.6 cm³/mol. The number of ether oxygens (including phenoxy) is 2. The minimum Gasteiger partial charge on any atom is -0.493 e. The molecule has 1 aromatic rings. The normalized spacial score (nSPS) is 13.3. The van der Waals surface area contributed by atoms with Crippen molar-refractivity contribution in [3.05, 3.63) is 33.3 Å². The lowest BCUT2D eigenvalue weighted by Crippen LogP contribution is -2.17. The number of methoxy groups -OCH3 is 1. The van der Waals surface area contributed by atoms with E-state index in [0.717, 1.165) is 5.56 Å². The van der Waals surface area contributed by atoms with Crippen LogP contribution in [0.1, 0.15) is 12.5 Å². The van der Waals surface area contributed by atoms with Crippen LogP contribution in [-0.2, 0) is 6.42 Å². The lowest BCUT2D eigenvalue weighted by Gasteiger charge is -2.14. The van der Waals surface area contributed by atoms with E-state index in [1.165, 1.54) is 5.54 Å². The fourth-order valence-corrected chi connectivity index (χ4v) is 1.98. The third-order valence-electron chi connectivity index (χ3n) is 2.32. The molecule has 3 nitrogen and oxygen atoms in total. The van der Waals surface area contributed by atoms with Crippen LogP contribution in [0, 0.1) is 0 Å². The highest BCUT2D eigenvalue weighted by Gasteiger charge is 2.13. The van der Waals surface area contributed by atoms with Crippen LogP contribution in [0.15, 0.2) is 22.7 Å². The van der Waals surface area contributed by atoms with Gasteiger partial charge in [0.2, 0.25) is 0 Å². The van der Waals surface area contributed by atoms with E-state index in [2.05, 4.69) is 0 Å². The topological polar surface area (TPSA) is 44.5 Å². The van der Waals surface area contributed by atoms with Crippen molar-refractivity contribution in [2.24, 2.45) is 5.73 Å². The molecule has 19 heavy (non-hydrogen) atoms. The molecule has 0 aliphatic carbocycles. The number of nitrogens with two attached hydrogens (primary N) is 1. The van der Waals surface area contributed by atoms with Gasteiger partial charge in [0.05, 0.1) is 17.2 Å². The first-order valence-electron chi connectivity index (χ1n) is 5.67. The van der Waals surface area contributed by atoms with Crippen molar-refractivity contribution in [1.82, 2.24) is 0 Å². The van der Waals surface area contributed by atoms with Gasteiger partial charge < -0.3 is 15.2 Å². The molecule has 0 aliphatic rings. The van der Waals surface area contributed by atoms with Crippen LogP contribution in [0.5, 0.6) is 11.5 Å². The molecule has 0 aliphatic heterocycles. The summed E-state index contributed by atoms with van der Waals surface area (Å²) in [6.45, 7) is 2.06. The van der Waals surface area contributed by atoms with Crippen molar-refractivity contribution in [2.75, 3.05) is 13.7 Å². The maximum Gasteiger partial charge on any atom is 0.180 e. The summed E-state index contributed by atoms with van der Waals surface area (Å²) in [4.78, 5) is 0. The molecule has 0 saturated heterocycles. The quantitative estimate of drug-likeness (QED) is 0.862. The predicted octanol–water partition coefficient (Wildman–Crippen LogP) is 3.94. The Morgan fingerprint density at radius 1 is 1.47 bits per heavy atom. The summed E-state index contributed by atoms with van der Waals surface area (Å²) in [5, 5.41) is 0.827. The Kier molecular flexibility index (Phi) is 6.80. The maximum atomic E-state index is 6.18. The number of rotatable bonds is 6. The SMILES string of the molecule is COc1cc(CC(C)N)cc(Cl)c1OCC(Cl)=CCl. The van der Waals surface area contributed by atoms with Gasteiger partial charge in [0.1, 0.15) is 6.61 Å². The molecular weight excluding hydrogens is 309 g/mol. The first-order valence-corrected chi connectivity index (χ1v) is 6.86. The zero-order valence-electron chi connectivity index (χ0n) is 10.8. The van der Waals surface area contributed by atoms with Crippen molar-refractivity contribution < 1.29 is 9.47 Å². The molecule has 1 aromatic carbocycles. The van der Waals surface area contributed by atoms with Crippen molar-refractivity contribution in [2.45, 2.75) is 19.4 Å². The monoisotopic (exact) mass is 323 g/mol. The summed E-state index contributed by atoms with van der Waals surface area (Å²) < 4.78 is 10.8. The molecular formula is C13H16Cl3NO2. The Balaban J connectivity index is 2.97. The second kappa shape index (κ2) is 7.85. The number of halogens is 3. The average molecular weight is 325 g/mol. The van der Waals surface area contributed by atoms with Gasteiger partial charge in [-0.3, -0.25) is 0 Å².